The summed E-state index contributed by atoms with van der Waals surface area (Å²) in [6.45, 7) is 7.11. The van der Waals surface area contributed by atoms with Gasteiger partial charge in [0.25, 0.3) is 0 Å². The van der Waals surface area contributed by atoms with Gasteiger partial charge < -0.3 is 24.8 Å². The van der Waals surface area contributed by atoms with Crippen molar-refractivity contribution in [2.45, 2.75) is 45.3 Å². The Bertz CT molecular complexity index is 1240. The van der Waals surface area contributed by atoms with Gasteiger partial charge in [0.05, 0.1) is 18.3 Å². The van der Waals surface area contributed by atoms with Crippen LogP contribution >= 0.6 is 15.9 Å². The molecule has 8 nitrogen and oxygen atoms in total. The van der Waals surface area contributed by atoms with Crippen molar-refractivity contribution in [1.82, 2.24) is 15.3 Å². The molecule has 0 saturated carbocycles. The zero-order chi connectivity index (χ0) is 25.9. The second kappa shape index (κ2) is 11.0. The van der Waals surface area contributed by atoms with Gasteiger partial charge in [-0.25, -0.2) is 19.2 Å². The van der Waals surface area contributed by atoms with Crippen LogP contribution in [0.15, 0.2) is 41.1 Å². The zero-order valence-electron chi connectivity index (χ0n) is 20.7. The van der Waals surface area contributed by atoms with E-state index in [2.05, 4.69) is 36.5 Å². The Kier molecular flexibility index (Phi) is 7.94. The molecule has 1 atom stereocenters. The predicted octanol–water partition coefficient (Wildman–Crippen LogP) is 5.37. The Labute approximate surface area is 218 Å². The highest BCUT2D eigenvalue weighted by atomic mass is 79.9. The van der Waals surface area contributed by atoms with Gasteiger partial charge in [0.2, 0.25) is 0 Å². The maximum atomic E-state index is 14.4. The summed E-state index contributed by atoms with van der Waals surface area (Å²) in [5, 5.41) is 6.95. The number of nitrogens with one attached hydrogen (secondary N) is 2. The van der Waals surface area contributed by atoms with Crippen molar-refractivity contribution >= 4 is 44.3 Å². The summed E-state index contributed by atoms with van der Waals surface area (Å²) in [4.78, 5) is 21.8. The van der Waals surface area contributed by atoms with E-state index in [0.29, 0.717) is 32.7 Å². The van der Waals surface area contributed by atoms with E-state index in [1.54, 1.807) is 24.3 Å². The molecule has 4 rings (SSSR count). The summed E-state index contributed by atoms with van der Waals surface area (Å²) >= 11 is 3.26. The fraction of sp³-hybridized carbons (Fsp3) is 0.423. The average molecular weight is 561 g/mol. The lowest BCUT2D eigenvalue weighted by molar-refractivity contribution is -0.166. The number of anilines is 2. The quantitative estimate of drug-likeness (QED) is 0.372. The SMILES string of the molecule is COc1cc2c(Nc3ccc(Br)cc3F)ncnc2cc1OC(C(=O)OC(C)(C)C)C1CCNCC1. The van der Waals surface area contributed by atoms with Crippen LogP contribution in [0.2, 0.25) is 0 Å². The van der Waals surface area contributed by atoms with Crippen molar-refractivity contribution < 1.29 is 23.4 Å². The Balaban J connectivity index is 1.69. The Morgan fingerprint density at radius 1 is 1.17 bits per heavy atom. The van der Waals surface area contributed by atoms with Gasteiger partial charge in [-0.3, -0.25) is 0 Å². The molecule has 0 amide bonds. The first kappa shape index (κ1) is 26.1. The normalized spacial score (nSPS) is 15.4. The van der Waals surface area contributed by atoms with Gasteiger partial charge in [-0.05, 0) is 71.0 Å². The number of benzene rings is 2. The maximum absolute atomic E-state index is 14.4. The monoisotopic (exact) mass is 560 g/mol. The van der Waals surface area contributed by atoms with Gasteiger partial charge in [-0.1, -0.05) is 15.9 Å². The maximum Gasteiger partial charge on any atom is 0.348 e. The van der Waals surface area contributed by atoms with Gasteiger partial charge in [0.15, 0.2) is 17.6 Å². The van der Waals surface area contributed by atoms with Crippen LogP contribution in [0.3, 0.4) is 0 Å². The molecule has 0 aliphatic carbocycles. The number of piperidine rings is 1. The highest BCUT2D eigenvalue weighted by molar-refractivity contribution is 9.10. The number of fused-ring (bicyclic) bond motifs is 1. The summed E-state index contributed by atoms with van der Waals surface area (Å²) in [5.74, 6) is 0.341. The summed E-state index contributed by atoms with van der Waals surface area (Å²) in [6, 6.07) is 8.15. The number of carbonyl (C=O) groups is 1. The third kappa shape index (κ3) is 6.22. The fourth-order valence-corrected chi connectivity index (χ4v) is 4.45. The number of halogens is 2. The minimum atomic E-state index is -0.797. The molecule has 2 heterocycles. The minimum absolute atomic E-state index is 0.00971. The summed E-state index contributed by atoms with van der Waals surface area (Å²) in [6.07, 6.45) is 2.16. The molecule has 10 heteroatoms. The lowest BCUT2D eigenvalue weighted by Crippen LogP contribution is -2.44. The van der Waals surface area contributed by atoms with Crippen LogP contribution in [0.1, 0.15) is 33.6 Å². The first-order valence-corrected chi connectivity index (χ1v) is 12.6. The number of carbonyl (C=O) groups excluding carboxylic acids is 1. The van der Waals surface area contributed by atoms with E-state index < -0.39 is 23.5 Å². The predicted molar refractivity (Wildman–Crippen MR) is 139 cm³/mol. The third-order valence-corrected chi connectivity index (χ3v) is 6.30. The highest BCUT2D eigenvalue weighted by Crippen LogP contribution is 2.37. The molecule has 0 bridgehead atoms. The average Bonchev–Trinajstić information content (AvgIpc) is 2.83. The van der Waals surface area contributed by atoms with E-state index >= 15 is 0 Å². The van der Waals surface area contributed by atoms with Crippen molar-refractivity contribution in [1.29, 1.82) is 0 Å². The van der Waals surface area contributed by atoms with Crippen LogP contribution in [-0.4, -0.2) is 47.8 Å². The van der Waals surface area contributed by atoms with Crippen LogP contribution in [0.25, 0.3) is 10.9 Å². The van der Waals surface area contributed by atoms with Crippen molar-refractivity contribution in [2.75, 3.05) is 25.5 Å². The first-order valence-electron chi connectivity index (χ1n) is 11.8. The van der Waals surface area contributed by atoms with Gasteiger partial charge in [-0.2, -0.15) is 0 Å². The Hall–Kier alpha value is -2.98. The number of rotatable bonds is 7. The fourth-order valence-electron chi connectivity index (χ4n) is 4.11. The van der Waals surface area contributed by atoms with E-state index in [1.165, 1.54) is 19.5 Å². The number of ether oxygens (including phenoxy) is 3. The van der Waals surface area contributed by atoms with Crippen molar-refractivity contribution in [2.24, 2.45) is 5.92 Å². The van der Waals surface area contributed by atoms with E-state index in [0.717, 1.165) is 25.9 Å². The van der Waals surface area contributed by atoms with Crippen LogP contribution in [-0.2, 0) is 9.53 Å². The molecule has 192 valence electrons. The Morgan fingerprint density at radius 3 is 2.58 bits per heavy atom. The van der Waals surface area contributed by atoms with Crippen molar-refractivity contribution in [3.63, 3.8) is 0 Å². The lowest BCUT2D eigenvalue weighted by atomic mass is 9.92. The van der Waals surface area contributed by atoms with E-state index in [9.17, 15) is 9.18 Å². The standard InChI is InChI=1S/C26H30BrFN4O4/c1-26(2,3)36-25(33)23(15-7-9-29-10-8-15)35-22-13-20-17(12-21(22)34-4)24(31-14-30-20)32-19-6-5-16(27)11-18(19)28/h5-6,11-15,23,29H,7-10H2,1-4H3,(H,30,31,32). The molecule has 1 fully saturated rings. The topological polar surface area (TPSA) is 94.6 Å². The molecule has 1 saturated heterocycles. The largest absolute Gasteiger partial charge is 0.493 e. The number of hydrogen-bond acceptors (Lipinski definition) is 8. The smallest absolute Gasteiger partial charge is 0.348 e. The van der Waals surface area contributed by atoms with Gasteiger partial charge in [0, 0.05) is 21.8 Å². The van der Waals surface area contributed by atoms with Gasteiger partial charge in [0.1, 0.15) is 23.6 Å². The number of hydrogen-bond donors (Lipinski definition) is 2. The molecule has 36 heavy (non-hydrogen) atoms. The van der Waals surface area contributed by atoms with Crippen molar-refractivity contribution in [3.8, 4) is 11.5 Å². The second-order valence-corrected chi connectivity index (χ2v) is 10.6. The molecule has 1 unspecified atom stereocenters. The summed E-state index contributed by atoms with van der Waals surface area (Å²) in [7, 11) is 1.52. The number of esters is 1. The molecule has 2 aromatic carbocycles. The number of nitrogens with zero attached hydrogens (tertiary/aromatic N) is 2. The molecule has 1 aliphatic heterocycles. The highest BCUT2D eigenvalue weighted by Gasteiger charge is 2.35. The minimum Gasteiger partial charge on any atom is -0.493 e. The van der Waals surface area contributed by atoms with E-state index in [4.69, 9.17) is 14.2 Å². The zero-order valence-corrected chi connectivity index (χ0v) is 22.3. The summed E-state index contributed by atoms with van der Waals surface area (Å²) < 4.78 is 32.7. The molecule has 0 spiro atoms. The third-order valence-electron chi connectivity index (χ3n) is 5.81. The Morgan fingerprint density at radius 2 is 1.92 bits per heavy atom. The molecule has 1 aliphatic rings. The molecule has 3 aromatic rings. The first-order chi connectivity index (χ1) is 17.1. The molecule has 0 radical (unpaired) electrons. The lowest BCUT2D eigenvalue weighted by Gasteiger charge is -2.32. The van der Waals surface area contributed by atoms with Crippen molar-refractivity contribution in [3.05, 3.63) is 46.9 Å². The van der Waals surface area contributed by atoms with Crippen LogP contribution < -0.4 is 20.1 Å². The molecule has 1 aromatic heterocycles. The van der Waals surface area contributed by atoms with E-state index in [-0.39, 0.29) is 11.6 Å². The molecular formula is C26H30BrFN4O4. The second-order valence-electron chi connectivity index (χ2n) is 9.65. The van der Waals surface area contributed by atoms with Crippen LogP contribution in [0.4, 0.5) is 15.9 Å². The summed E-state index contributed by atoms with van der Waals surface area (Å²) in [5.41, 5.74) is 0.178. The number of methoxy groups -OCH3 is 1. The number of aromatic nitrogens is 2. The van der Waals surface area contributed by atoms with Gasteiger partial charge >= 0.3 is 5.97 Å². The van der Waals surface area contributed by atoms with Crippen LogP contribution in [0, 0.1) is 11.7 Å². The molecular weight excluding hydrogens is 531 g/mol. The van der Waals surface area contributed by atoms with Gasteiger partial charge in [-0.15, -0.1) is 0 Å². The van der Waals surface area contributed by atoms with Crippen LogP contribution in [0.5, 0.6) is 11.5 Å². The van der Waals surface area contributed by atoms with E-state index in [1.807, 2.05) is 20.8 Å². The molecule has 2 N–H and O–H groups in total.